The Kier molecular flexibility index (Phi) is 4.17. The summed E-state index contributed by atoms with van der Waals surface area (Å²) >= 11 is 0. The Labute approximate surface area is 128 Å². The van der Waals surface area contributed by atoms with Crippen molar-refractivity contribution in [1.82, 2.24) is 4.90 Å². The number of fused-ring (bicyclic) bond motifs is 1. The molecule has 2 fully saturated rings. The monoisotopic (exact) mass is 309 g/mol. The molecule has 4 atom stereocenters. The summed E-state index contributed by atoms with van der Waals surface area (Å²) in [6.07, 6.45) is 3.25. The van der Waals surface area contributed by atoms with Crippen molar-refractivity contribution in [3.8, 4) is 0 Å². The first kappa shape index (κ1) is 15.4. The van der Waals surface area contributed by atoms with Gasteiger partial charge < -0.3 is 10.0 Å². The lowest BCUT2D eigenvalue weighted by Gasteiger charge is -2.26. The van der Waals surface area contributed by atoms with E-state index in [1.165, 1.54) is 12.1 Å². The minimum atomic E-state index is -0.673. The molecular weight excluding hydrogens is 288 g/mol. The van der Waals surface area contributed by atoms with Gasteiger partial charge in [0.2, 0.25) is 5.91 Å². The minimum Gasteiger partial charge on any atom is -0.393 e. The van der Waals surface area contributed by atoms with E-state index < -0.39 is 11.6 Å². The van der Waals surface area contributed by atoms with Crippen LogP contribution in [0.2, 0.25) is 0 Å². The van der Waals surface area contributed by atoms with E-state index in [-0.39, 0.29) is 30.0 Å². The molecule has 5 heteroatoms. The lowest BCUT2D eigenvalue weighted by atomic mass is 10.0. The highest BCUT2D eigenvalue weighted by molar-refractivity contribution is 5.79. The van der Waals surface area contributed by atoms with Gasteiger partial charge in [-0.3, -0.25) is 4.79 Å². The van der Waals surface area contributed by atoms with Crippen molar-refractivity contribution in [2.24, 2.45) is 11.8 Å². The van der Waals surface area contributed by atoms with Gasteiger partial charge in [0.25, 0.3) is 0 Å². The molecule has 0 spiro atoms. The highest BCUT2D eigenvalue weighted by atomic mass is 19.1. The molecule has 2 unspecified atom stereocenters. The quantitative estimate of drug-likeness (QED) is 0.932. The Morgan fingerprint density at radius 3 is 2.45 bits per heavy atom. The summed E-state index contributed by atoms with van der Waals surface area (Å²) in [6, 6.07) is 3.48. The molecule has 1 aromatic rings. The van der Waals surface area contributed by atoms with Crippen LogP contribution in [-0.2, 0) is 11.2 Å². The average molecular weight is 309 g/mol. The van der Waals surface area contributed by atoms with E-state index in [9.17, 15) is 18.7 Å². The van der Waals surface area contributed by atoms with Crippen LogP contribution in [0.4, 0.5) is 8.78 Å². The van der Waals surface area contributed by atoms with Crippen molar-refractivity contribution in [2.45, 2.75) is 44.2 Å². The number of carbonyl (C=O) groups excluding carboxylic acids is 1. The lowest BCUT2D eigenvalue weighted by molar-refractivity contribution is -0.131. The number of halogens is 2. The van der Waals surface area contributed by atoms with E-state index in [0.717, 1.165) is 31.7 Å². The summed E-state index contributed by atoms with van der Waals surface area (Å²) in [5.74, 6) is -0.455. The second-order valence-corrected chi connectivity index (χ2v) is 6.69. The van der Waals surface area contributed by atoms with Crippen LogP contribution in [0.25, 0.3) is 0 Å². The summed E-state index contributed by atoms with van der Waals surface area (Å²) < 4.78 is 26.5. The second kappa shape index (κ2) is 5.95. The van der Waals surface area contributed by atoms with Crippen molar-refractivity contribution >= 4 is 5.91 Å². The summed E-state index contributed by atoms with van der Waals surface area (Å²) in [5.41, 5.74) is 0.229. The number of likely N-dealkylation sites (N-methyl/N-ethyl adjacent to an activating group) is 1. The minimum absolute atomic E-state index is 0.0446. The molecular formula is C17H21F2NO2. The predicted molar refractivity (Wildman–Crippen MR) is 78.1 cm³/mol. The number of aliphatic hydroxyl groups excluding tert-OH is 1. The summed E-state index contributed by atoms with van der Waals surface area (Å²) in [5, 5.41) is 9.66. The molecule has 0 saturated heterocycles. The molecule has 120 valence electrons. The number of hydrogen-bond donors (Lipinski definition) is 1. The van der Waals surface area contributed by atoms with E-state index in [2.05, 4.69) is 0 Å². The van der Waals surface area contributed by atoms with Crippen LogP contribution in [0.1, 0.15) is 31.2 Å². The van der Waals surface area contributed by atoms with Gasteiger partial charge in [-0.2, -0.15) is 0 Å². The SMILES string of the molecule is CN(C(=O)Cc1ccc(F)cc1F)C1C[C@H]2CC(O)C[C@H]2C1. The van der Waals surface area contributed by atoms with Gasteiger partial charge in [-0.05, 0) is 49.1 Å². The molecule has 0 bridgehead atoms. The molecule has 0 aliphatic heterocycles. The number of nitrogens with zero attached hydrogens (tertiary/aromatic N) is 1. The molecule has 3 rings (SSSR count). The summed E-state index contributed by atoms with van der Waals surface area (Å²) in [6.45, 7) is 0. The Morgan fingerprint density at radius 2 is 1.86 bits per heavy atom. The molecule has 22 heavy (non-hydrogen) atoms. The molecule has 1 aromatic carbocycles. The molecule has 0 radical (unpaired) electrons. The molecule has 1 amide bonds. The first-order valence-electron chi connectivity index (χ1n) is 7.81. The third-order valence-corrected chi connectivity index (χ3v) is 5.26. The Hall–Kier alpha value is -1.49. The van der Waals surface area contributed by atoms with Gasteiger partial charge in [0.1, 0.15) is 11.6 Å². The zero-order chi connectivity index (χ0) is 15.9. The van der Waals surface area contributed by atoms with Crippen molar-refractivity contribution in [2.75, 3.05) is 7.05 Å². The van der Waals surface area contributed by atoms with E-state index in [0.29, 0.717) is 11.8 Å². The van der Waals surface area contributed by atoms with Crippen LogP contribution in [0.3, 0.4) is 0 Å². The van der Waals surface area contributed by atoms with E-state index in [1.54, 1.807) is 11.9 Å². The number of carbonyl (C=O) groups is 1. The van der Waals surface area contributed by atoms with Crippen LogP contribution in [0.5, 0.6) is 0 Å². The van der Waals surface area contributed by atoms with Gasteiger partial charge in [-0.1, -0.05) is 6.07 Å². The smallest absolute Gasteiger partial charge is 0.227 e. The average Bonchev–Trinajstić information content (AvgIpc) is 2.98. The van der Waals surface area contributed by atoms with Crippen LogP contribution in [0.15, 0.2) is 18.2 Å². The standard InChI is InChI=1S/C17H21F2NO2/c1-20(14-4-11-6-15(21)7-12(11)5-14)17(22)8-10-2-3-13(18)9-16(10)19/h2-3,9,11-12,14-15,21H,4-8H2,1H3/t11-,12+,14?,15?. The normalized spacial score (nSPS) is 30.4. The van der Waals surface area contributed by atoms with Gasteiger partial charge >= 0.3 is 0 Å². The number of hydrogen-bond acceptors (Lipinski definition) is 2. The second-order valence-electron chi connectivity index (χ2n) is 6.69. The van der Waals surface area contributed by atoms with Crippen molar-refractivity contribution in [1.29, 1.82) is 0 Å². The number of rotatable bonds is 3. The van der Waals surface area contributed by atoms with Crippen LogP contribution in [0, 0.1) is 23.5 Å². The zero-order valence-electron chi connectivity index (χ0n) is 12.6. The zero-order valence-corrected chi connectivity index (χ0v) is 12.6. The Balaban J connectivity index is 1.61. The fourth-order valence-corrected chi connectivity index (χ4v) is 4.03. The third-order valence-electron chi connectivity index (χ3n) is 5.26. The molecule has 0 heterocycles. The highest BCUT2D eigenvalue weighted by Gasteiger charge is 2.43. The maximum atomic E-state index is 13.6. The Bertz CT molecular complexity index is 564. The van der Waals surface area contributed by atoms with Gasteiger partial charge in [0, 0.05) is 19.2 Å². The third kappa shape index (κ3) is 3.00. The number of amides is 1. The maximum Gasteiger partial charge on any atom is 0.227 e. The van der Waals surface area contributed by atoms with Crippen molar-refractivity contribution in [3.63, 3.8) is 0 Å². The molecule has 2 aliphatic carbocycles. The van der Waals surface area contributed by atoms with Crippen molar-refractivity contribution in [3.05, 3.63) is 35.4 Å². The largest absolute Gasteiger partial charge is 0.393 e. The van der Waals surface area contributed by atoms with Gasteiger partial charge in [-0.25, -0.2) is 8.78 Å². The molecule has 2 saturated carbocycles. The fraction of sp³-hybridized carbons (Fsp3) is 0.588. The molecule has 0 aromatic heterocycles. The summed E-state index contributed by atoms with van der Waals surface area (Å²) in [4.78, 5) is 14.0. The fourth-order valence-electron chi connectivity index (χ4n) is 4.03. The topological polar surface area (TPSA) is 40.5 Å². The Morgan fingerprint density at radius 1 is 1.23 bits per heavy atom. The van der Waals surface area contributed by atoms with Crippen LogP contribution < -0.4 is 0 Å². The first-order chi connectivity index (χ1) is 10.4. The predicted octanol–water partition coefficient (Wildman–Crippen LogP) is 2.52. The maximum absolute atomic E-state index is 13.6. The van der Waals surface area contributed by atoms with E-state index in [4.69, 9.17) is 0 Å². The number of benzene rings is 1. The van der Waals surface area contributed by atoms with E-state index >= 15 is 0 Å². The van der Waals surface area contributed by atoms with E-state index in [1.807, 2.05) is 0 Å². The van der Waals surface area contributed by atoms with Crippen molar-refractivity contribution < 1.29 is 18.7 Å². The molecule has 1 N–H and O–H groups in total. The van der Waals surface area contributed by atoms with Gasteiger partial charge in [-0.15, -0.1) is 0 Å². The number of aliphatic hydroxyl groups is 1. The lowest BCUT2D eigenvalue weighted by Crippen LogP contribution is -2.37. The van der Waals surface area contributed by atoms with Crippen LogP contribution >= 0.6 is 0 Å². The van der Waals surface area contributed by atoms with Crippen LogP contribution in [-0.4, -0.2) is 35.1 Å². The van der Waals surface area contributed by atoms with Gasteiger partial charge in [0.05, 0.1) is 12.5 Å². The molecule has 2 aliphatic rings. The summed E-state index contributed by atoms with van der Waals surface area (Å²) in [7, 11) is 1.76. The highest BCUT2D eigenvalue weighted by Crippen LogP contribution is 2.45. The first-order valence-corrected chi connectivity index (χ1v) is 7.81. The van der Waals surface area contributed by atoms with Gasteiger partial charge in [0.15, 0.2) is 0 Å². The molecule has 3 nitrogen and oxygen atoms in total.